The standard InChI is InChI=1S/C16H16O5/c1-20-13-7-5-11(6-8-13)15(16(18)19)10-21-14-4-2-3-12(17)9-14/h2-9,15,17H,10H2,1H3,(H,18,19). The van der Waals surface area contributed by atoms with E-state index in [4.69, 9.17) is 9.47 Å². The number of phenolic OH excluding ortho intramolecular Hbond substituents is 1. The van der Waals surface area contributed by atoms with E-state index in [1.54, 1.807) is 43.5 Å². The van der Waals surface area contributed by atoms with Crippen LogP contribution in [0.5, 0.6) is 17.2 Å². The summed E-state index contributed by atoms with van der Waals surface area (Å²) in [5.74, 6) is -0.603. The zero-order valence-corrected chi connectivity index (χ0v) is 11.5. The SMILES string of the molecule is COc1ccc(C(COc2cccc(O)c2)C(=O)O)cc1. The average molecular weight is 288 g/mol. The van der Waals surface area contributed by atoms with Gasteiger partial charge < -0.3 is 19.7 Å². The number of methoxy groups -OCH3 is 1. The van der Waals surface area contributed by atoms with Crippen LogP contribution in [-0.4, -0.2) is 29.9 Å². The normalized spacial score (nSPS) is 11.7. The molecule has 5 heteroatoms. The molecule has 2 N–H and O–H groups in total. The maximum atomic E-state index is 11.4. The van der Waals surface area contributed by atoms with Crippen molar-refractivity contribution in [3.05, 3.63) is 54.1 Å². The van der Waals surface area contributed by atoms with Crippen molar-refractivity contribution in [2.24, 2.45) is 0 Å². The summed E-state index contributed by atoms with van der Waals surface area (Å²) in [6.07, 6.45) is 0. The third-order valence-corrected chi connectivity index (χ3v) is 3.05. The van der Waals surface area contributed by atoms with Crippen molar-refractivity contribution in [2.45, 2.75) is 5.92 Å². The second kappa shape index (κ2) is 6.65. The van der Waals surface area contributed by atoms with Crippen molar-refractivity contribution in [1.29, 1.82) is 0 Å². The van der Waals surface area contributed by atoms with Crippen LogP contribution < -0.4 is 9.47 Å². The van der Waals surface area contributed by atoms with Gasteiger partial charge in [-0.1, -0.05) is 18.2 Å². The van der Waals surface area contributed by atoms with Crippen molar-refractivity contribution in [2.75, 3.05) is 13.7 Å². The maximum absolute atomic E-state index is 11.4. The molecule has 0 fully saturated rings. The van der Waals surface area contributed by atoms with Crippen molar-refractivity contribution < 1.29 is 24.5 Å². The molecule has 1 atom stereocenters. The Bertz CT molecular complexity index is 606. The molecule has 0 saturated heterocycles. The third kappa shape index (κ3) is 3.89. The van der Waals surface area contributed by atoms with E-state index < -0.39 is 11.9 Å². The number of carboxylic acids is 1. The predicted molar refractivity (Wildman–Crippen MR) is 77.0 cm³/mol. The number of hydrogen-bond donors (Lipinski definition) is 2. The van der Waals surface area contributed by atoms with Crippen LogP contribution in [0.3, 0.4) is 0 Å². The summed E-state index contributed by atoms with van der Waals surface area (Å²) >= 11 is 0. The summed E-state index contributed by atoms with van der Waals surface area (Å²) in [4.78, 5) is 11.4. The van der Waals surface area contributed by atoms with E-state index in [0.29, 0.717) is 17.1 Å². The largest absolute Gasteiger partial charge is 0.508 e. The molecular weight excluding hydrogens is 272 g/mol. The number of carboxylic acid groups (broad SMARTS) is 1. The number of phenols is 1. The van der Waals surface area contributed by atoms with Gasteiger partial charge >= 0.3 is 5.97 Å². The molecule has 0 amide bonds. The molecule has 0 radical (unpaired) electrons. The number of aromatic hydroxyl groups is 1. The van der Waals surface area contributed by atoms with Gasteiger partial charge in [-0.25, -0.2) is 0 Å². The van der Waals surface area contributed by atoms with Crippen LogP contribution in [0.25, 0.3) is 0 Å². The highest BCUT2D eigenvalue weighted by atomic mass is 16.5. The lowest BCUT2D eigenvalue weighted by Gasteiger charge is -2.14. The third-order valence-electron chi connectivity index (χ3n) is 3.05. The fourth-order valence-corrected chi connectivity index (χ4v) is 1.90. The van der Waals surface area contributed by atoms with Gasteiger partial charge in [0.1, 0.15) is 29.8 Å². The van der Waals surface area contributed by atoms with Gasteiger partial charge in [-0.2, -0.15) is 0 Å². The van der Waals surface area contributed by atoms with Crippen LogP contribution in [0.2, 0.25) is 0 Å². The Labute approximate surface area is 122 Å². The first kappa shape index (κ1) is 14.7. The van der Waals surface area contributed by atoms with Gasteiger partial charge in [0.25, 0.3) is 0 Å². The molecule has 21 heavy (non-hydrogen) atoms. The second-order valence-corrected chi connectivity index (χ2v) is 4.47. The first-order valence-electron chi connectivity index (χ1n) is 6.38. The van der Waals surface area contributed by atoms with Crippen LogP contribution in [-0.2, 0) is 4.79 Å². The molecular formula is C16H16O5. The molecule has 0 saturated carbocycles. The fourth-order valence-electron chi connectivity index (χ4n) is 1.90. The lowest BCUT2D eigenvalue weighted by Crippen LogP contribution is -2.19. The molecule has 2 rings (SSSR count). The Balaban J connectivity index is 2.10. The van der Waals surface area contributed by atoms with Crippen molar-refractivity contribution >= 4 is 5.97 Å². The summed E-state index contributed by atoms with van der Waals surface area (Å²) in [7, 11) is 1.55. The van der Waals surface area contributed by atoms with Gasteiger partial charge in [-0.05, 0) is 29.8 Å². The molecule has 0 aliphatic heterocycles. The minimum Gasteiger partial charge on any atom is -0.508 e. The molecule has 0 aliphatic rings. The average Bonchev–Trinajstić information content (AvgIpc) is 2.48. The number of hydrogen-bond acceptors (Lipinski definition) is 4. The van der Waals surface area contributed by atoms with Crippen molar-refractivity contribution in [3.63, 3.8) is 0 Å². The van der Waals surface area contributed by atoms with Crippen LogP contribution in [0.4, 0.5) is 0 Å². The first-order chi connectivity index (χ1) is 10.1. The zero-order chi connectivity index (χ0) is 15.2. The number of carbonyl (C=O) groups is 1. The maximum Gasteiger partial charge on any atom is 0.314 e. The molecule has 2 aromatic carbocycles. The Morgan fingerprint density at radius 1 is 1.14 bits per heavy atom. The van der Waals surface area contributed by atoms with E-state index in [9.17, 15) is 15.0 Å². The van der Waals surface area contributed by atoms with Gasteiger partial charge in [0.15, 0.2) is 0 Å². The molecule has 0 aliphatic carbocycles. The molecule has 0 bridgehead atoms. The Hall–Kier alpha value is -2.69. The topological polar surface area (TPSA) is 76.0 Å². The molecule has 0 heterocycles. The van der Waals surface area contributed by atoms with E-state index in [-0.39, 0.29) is 12.4 Å². The number of aliphatic carboxylic acids is 1. The van der Waals surface area contributed by atoms with Gasteiger partial charge in [0.2, 0.25) is 0 Å². The van der Waals surface area contributed by atoms with Gasteiger partial charge in [0.05, 0.1) is 7.11 Å². The van der Waals surface area contributed by atoms with Gasteiger partial charge in [-0.3, -0.25) is 4.79 Å². The summed E-state index contributed by atoms with van der Waals surface area (Å²) in [5.41, 5.74) is 0.628. The van der Waals surface area contributed by atoms with Crippen LogP contribution in [0, 0.1) is 0 Å². The van der Waals surface area contributed by atoms with Crippen LogP contribution >= 0.6 is 0 Å². The number of benzene rings is 2. The minimum atomic E-state index is -0.972. The molecule has 5 nitrogen and oxygen atoms in total. The van der Waals surface area contributed by atoms with E-state index in [2.05, 4.69) is 0 Å². The molecule has 0 aromatic heterocycles. The quantitative estimate of drug-likeness (QED) is 0.854. The highest BCUT2D eigenvalue weighted by Gasteiger charge is 2.21. The van der Waals surface area contributed by atoms with Crippen LogP contribution in [0.1, 0.15) is 11.5 Å². The minimum absolute atomic E-state index is 0.0227. The molecule has 1 unspecified atom stereocenters. The predicted octanol–water partition coefficient (Wildman–Crippen LogP) is 2.65. The molecule has 110 valence electrons. The Kier molecular flexibility index (Phi) is 4.66. The Morgan fingerprint density at radius 3 is 2.43 bits per heavy atom. The monoisotopic (exact) mass is 288 g/mol. The first-order valence-corrected chi connectivity index (χ1v) is 6.38. The number of rotatable bonds is 6. The Morgan fingerprint density at radius 2 is 1.86 bits per heavy atom. The lowest BCUT2D eigenvalue weighted by molar-refractivity contribution is -0.139. The van der Waals surface area contributed by atoms with Gasteiger partial charge in [-0.15, -0.1) is 0 Å². The van der Waals surface area contributed by atoms with Gasteiger partial charge in [0, 0.05) is 6.07 Å². The highest BCUT2D eigenvalue weighted by molar-refractivity contribution is 5.76. The summed E-state index contributed by atoms with van der Waals surface area (Å²) in [6, 6.07) is 13.1. The van der Waals surface area contributed by atoms with E-state index in [0.717, 1.165) is 0 Å². The fraction of sp³-hybridized carbons (Fsp3) is 0.188. The second-order valence-electron chi connectivity index (χ2n) is 4.47. The summed E-state index contributed by atoms with van der Waals surface area (Å²) in [5, 5.41) is 18.7. The van der Waals surface area contributed by atoms with E-state index >= 15 is 0 Å². The lowest BCUT2D eigenvalue weighted by atomic mass is 10.0. The van der Waals surface area contributed by atoms with Crippen molar-refractivity contribution in [3.8, 4) is 17.2 Å². The van der Waals surface area contributed by atoms with Crippen molar-refractivity contribution in [1.82, 2.24) is 0 Å². The van der Waals surface area contributed by atoms with Crippen LogP contribution in [0.15, 0.2) is 48.5 Å². The highest BCUT2D eigenvalue weighted by Crippen LogP contribution is 2.23. The smallest absolute Gasteiger partial charge is 0.314 e. The molecule has 0 spiro atoms. The summed E-state index contributed by atoms with van der Waals surface area (Å²) in [6.45, 7) is -0.0227. The molecule has 2 aromatic rings. The zero-order valence-electron chi connectivity index (χ0n) is 11.5. The number of ether oxygens (including phenoxy) is 2. The summed E-state index contributed by atoms with van der Waals surface area (Å²) < 4.78 is 10.5. The van der Waals surface area contributed by atoms with E-state index in [1.807, 2.05) is 0 Å². The van der Waals surface area contributed by atoms with E-state index in [1.165, 1.54) is 12.1 Å².